The number of phenols is 2. The van der Waals surface area contributed by atoms with Gasteiger partial charge in [-0.05, 0) is 84.3 Å². The Hall–Kier alpha value is -5.97. The van der Waals surface area contributed by atoms with Crippen LogP contribution >= 0.6 is 0 Å². The molecule has 288 valence electrons. The molecule has 56 heavy (non-hydrogen) atoms. The molecule has 10 rings (SSSR count). The fourth-order valence-electron chi connectivity index (χ4n) is 7.20. The summed E-state index contributed by atoms with van der Waals surface area (Å²) < 4.78 is 128. The molecule has 0 aliphatic carbocycles. The van der Waals surface area contributed by atoms with Crippen LogP contribution in [0.5, 0.6) is 11.5 Å². The summed E-state index contributed by atoms with van der Waals surface area (Å²) in [5.74, 6) is -1.27. The lowest BCUT2D eigenvalue weighted by molar-refractivity contribution is 0.262. The Kier molecular flexibility index (Phi) is 7.93. The van der Waals surface area contributed by atoms with Gasteiger partial charge in [0, 0.05) is 10.8 Å². The van der Waals surface area contributed by atoms with E-state index in [4.69, 9.17) is 0 Å². The second kappa shape index (κ2) is 12.0. The van der Waals surface area contributed by atoms with Crippen molar-refractivity contribution < 1.29 is 57.8 Å². The molecule has 0 saturated carbocycles. The average molecular weight is 839 g/mol. The summed E-state index contributed by atoms with van der Waals surface area (Å²) >= 11 is 0. The van der Waals surface area contributed by atoms with Gasteiger partial charge in [0.25, 0.3) is 40.3 Å². The summed E-state index contributed by atoms with van der Waals surface area (Å²) in [5, 5.41) is 26.7. The van der Waals surface area contributed by atoms with Crippen LogP contribution in [0.1, 0.15) is 11.1 Å². The standard InChI is InChI=1S/C35H26N4O13S4/c1-17-21-11-15-27(53(43,44)38(21)33-23(40)13-9-19-5-3-7-25(29(19)33)55(47,48)49)31(17)36-35(42)37-32-18(2)22-12-16-28(32)54(45,46)39(22)34-24(41)14-10-20-6-4-8-26(30(20)34)56(50,51)52/h3-16,40-41H,1-2H3,(H2,36,37,42)(H,47,48,49)(H,50,51,52). The number of aromatic hydroxyl groups is 2. The number of hydrogen-bond acceptors (Lipinski definition) is 11. The molecule has 0 atom stereocenters. The Bertz CT molecular complexity index is 3050. The molecule has 4 aliphatic heterocycles. The summed E-state index contributed by atoms with van der Waals surface area (Å²) in [4.78, 5) is 11.4. The number of urea groups is 1. The third-order valence-electron chi connectivity index (χ3n) is 9.63. The van der Waals surface area contributed by atoms with Gasteiger partial charge in [0.1, 0.15) is 42.5 Å². The van der Waals surface area contributed by atoms with Crippen LogP contribution in [0.3, 0.4) is 0 Å². The Morgan fingerprint density at radius 2 is 0.946 bits per heavy atom. The lowest BCUT2D eigenvalue weighted by Gasteiger charge is -2.35. The van der Waals surface area contributed by atoms with Gasteiger partial charge in [-0.25, -0.2) is 30.2 Å². The fourth-order valence-corrected chi connectivity index (χ4v) is 12.2. The first-order valence-electron chi connectivity index (χ1n) is 16.1. The molecule has 17 nitrogen and oxygen atoms in total. The molecule has 6 N–H and O–H groups in total. The van der Waals surface area contributed by atoms with Crippen LogP contribution in [-0.4, -0.2) is 59.0 Å². The summed E-state index contributed by atoms with van der Waals surface area (Å²) in [7, 11) is -19.2. The predicted molar refractivity (Wildman–Crippen MR) is 205 cm³/mol. The van der Waals surface area contributed by atoms with Gasteiger partial charge in [-0.2, -0.15) is 16.8 Å². The maximum atomic E-state index is 14.2. The highest BCUT2D eigenvalue weighted by Gasteiger charge is 2.43. The summed E-state index contributed by atoms with van der Waals surface area (Å²) in [6.07, 6.45) is 0. The molecule has 0 saturated heterocycles. The SMILES string of the molecule is Cc1c2ccc(c1NC(=O)Nc1c3ccc(c1C)N(c1c(O)ccc4cccc(S(=O)(=O)O)c14)S3(=O)=O)S(=O)(=O)N2c1c(O)ccc2cccc(S(=O)(=O)O)c12. The van der Waals surface area contributed by atoms with Gasteiger partial charge in [0.15, 0.2) is 0 Å². The number of phenolic OH excluding ortho intramolecular Hbond substituents is 2. The fraction of sp³-hybridized carbons (Fsp3) is 0.0571. The van der Waals surface area contributed by atoms with Gasteiger partial charge in [0.05, 0.1) is 22.7 Å². The summed E-state index contributed by atoms with van der Waals surface area (Å²) in [6.45, 7) is 2.89. The second-order valence-corrected chi connectivity index (χ2v) is 19.1. The zero-order valence-electron chi connectivity index (χ0n) is 28.6. The van der Waals surface area contributed by atoms with Crippen molar-refractivity contribution in [1.82, 2.24) is 0 Å². The molecule has 0 unspecified atom stereocenters. The van der Waals surface area contributed by atoms with E-state index in [9.17, 15) is 57.8 Å². The van der Waals surface area contributed by atoms with E-state index in [1.54, 1.807) is 0 Å². The van der Waals surface area contributed by atoms with Crippen LogP contribution in [0.15, 0.2) is 105 Å². The topological polar surface area (TPSA) is 265 Å². The quantitative estimate of drug-likeness (QED) is 0.108. The second-order valence-electron chi connectivity index (χ2n) is 12.8. The number of anilines is 6. The normalized spacial score (nSPS) is 15.4. The minimum Gasteiger partial charge on any atom is -0.506 e. The molecule has 4 aliphatic rings. The summed E-state index contributed by atoms with van der Waals surface area (Å²) in [6, 6.07) is 16.7. The van der Waals surface area contributed by atoms with Crippen molar-refractivity contribution in [3.8, 4) is 11.5 Å². The molecule has 4 bridgehead atoms. The van der Waals surface area contributed by atoms with E-state index in [1.165, 1.54) is 74.5 Å². The van der Waals surface area contributed by atoms with Gasteiger partial charge in [-0.15, -0.1) is 0 Å². The lowest BCUT2D eigenvalue weighted by Crippen LogP contribution is -2.35. The number of benzene rings is 6. The minimum absolute atomic E-state index is 0.0967. The number of sulfonamides is 2. The monoisotopic (exact) mass is 838 g/mol. The zero-order valence-corrected chi connectivity index (χ0v) is 31.8. The van der Waals surface area contributed by atoms with Gasteiger partial charge in [-0.3, -0.25) is 9.11 Å². The van der Waals surface area contributed by atoms with E-state index in [-0.39, 0.29) is 55.4 Å². The molecule has 21 heteroatoms. The Balaban J connectivity index is 1.20. The van der Waals surface area contributed by atoms with E-state index < -0.39 is 88.8 Å². The van der Waals surface area contributed by atoms with E-state index in [0.29, 0.717) is 8.61 Å². The van der Waals surface area contributed by atoms with Gasteiger partial charge in [0.2, 0.25) is 0 Å². The highest BCUT2D eigenvalue weighted by molar-refractivity contribution is 7.94. The van der Waals surface area contributed by atoms with Crippen LogP contribution in [0.4, 0.5) is 38.9 Å². The molecule has 4 heterocycles. The van der Waals surface area contributed by atoms with Crippen LogP contribution in [0.25, 0.3) is 21.5 Å². The first-order chi connectivity index (χ1) is 26.2. The lowest BCUT2D eigenvalue weighted by atomic mass is 10.1. The van der Waals surface area contributed by atoms with Crippen molar-refractivity contribution in [2.45, 2.75) is 33.4 Å². The molecule has 6 aromatic carbocycles. The molecule has 0 fully saturated rings. The highest BCUT2D eigenvalue weighted by Crippen LogP contribution is 2.53. The number of hydrogen-bond donors (Lipinski definition) is 6. The number of carbonyl (C=O) groups is 1. The van der Waals surface area contributed by atoms with Gasteiger partial charge < -0.3 is 20.8 Å². The van der Waals surface area contributed by atoms with Crippen molar-refractivity contribution in [2.24, 2.45) is 0 Å². The Morgan fingerprint density at radius 1 is 0.571 bits per heavy atom. The molecule has 0 radical (unpaired) electrons. The van der Waals surface area contributed by atoms with Crippen LogP contribution < -0.4 is 19.2 Å². The largest absolute Gasteiger partial charge is 0.506 e. The predicted octanol–water partition coefficient (Wildman–Crippen LogP) is 5.84. The van der Waals surface area contributed by atoms with Crippen LogP contribution in [0.2, 0.25) is 0 Å². The smallest absolute Gasteiger partial charge is 0.323 e. The highest BCUT2D eigenvalue weighted by atomic mass is 32.2. The number of nitrogens with zero attached hydrogens (tertiary/aromatic N) is 2. The number of carbonyl (C=O) groups excluding carboxylic acids is 1. The Labute approximate surface area is 318 Å². The number of fused-ring (bicyclic) bond motifs is 8. The third-order valence-corrected chi connectivity index (χ3v) is 14.9. The van der Waals surface area contributed by atoms with Crippen molar-refractivity contribution in [2.75, 3.05) is 19.2 Å². The molecular formula is C35H26N4O13S4. The van der Waals surface area contributed by atoms with E-state index in [2.05, 4.69) is 10.6 Å². The maximum Gasteiger partial charge on any atom is 0.323 e. The van der Waals surface area contributed by atoms with Crippen molar-refractivity contribution >= 4 is 102 Å². The third kappa shape index (κ3) is 5.27. The molecular weight excluding hydrogens is 813 g/mol. The molecule has 2 amide bonds. The number of amides is 2. The zero-order chi connectivity index (χ0) is 40.4. The van der Waals surface area contributed by atoms with E-state index >= 15 is 0 Å². The maximum absolute atomic E-state index is 14.2. The van der Waals surface area contributed by atoms with E-state index in [1.807, 2.05) is 0 Å². The van der Waals surface area contributed by atoms with Crippen molar-refractivity contribution in [3.05, 3.63) is 96.1 Å². The van der Waals surface area contributed by atoms with Crippen LogP contribution in [-0.2, 0) is 40.3 Å². The van der Waals surface area contributed by atoms with Crippen molar-refractivity contribution in [3.63, 3.8) is 0 Å². The van der Waals surface area contributed by atoms with Gasteiger partial charge in [-0.1, -0.05) is 36.4 Å². The number of nitrogens with one attached hydrogen (secondary N) is 2. The number of rotatable bonds is 6. The Morgan fingerprint density at radius 3 is 1.30 bits per heavy atom. The first kappa shape index (κ1) is 37.0. The van der Waals surface area contributed by atoms with Gasteiger partial charge >= 0.3 is 6.03 Å². The summed E-state index contributed by atoms with van der Waals surface area (Å²) in [5.41, 5.74) is -1.28. The molecule has 0 spiro atoms. The average Bonchev–Trinajstić information content (AvgIpc) is 3.10. The van der Waals surface area contributed by atoms with Crippen LogP contribution in [0, 0.1) is 13.8 Å². The molecule has 0 aromatic heterocycles. The van der Waals surface area contributed by atoms with Crippen molar-refractivity contribution in [1.29, 1.82) is 0 Å². The first-order valence-corrected chi connectivity index (χ1v) is 21.8. The minimum atomic E-state index is -4.92. The molecule has 6 aromatic rings. The van der Waals surface area contributed by atoms with E-state index in [0.717, 1.165) is 24.3 Å².